The Hall–Kier alpha value is -2.75. The fraction of sp³-hybridized carbons (Fsp3) is 0.217. The van der Waals surface area contributed by atoms with E-state index in [9.17, 15) is 9.59 Å². The quantitative estimate of drug-likeness (QED) is 0.227. The van der Waals surface area contributed by atoms with Gasteiger partial charge in [0, 0.05) is 18.4 Å². The number of benzene rings is 2. The molecule has 2 aromatic heterocycles. The fourth-order valence-electron chi connectivity index (χ4n) is 3.22. The van der Waals surface area contributed by atoms with Crippen molar-refractivity contribution in [3.63, 3.8) is 0 Å². The minimum atomic E-state index is -0.173. The number of nitrogens with one attached hydrogen (secondary N) is 1. The Balaban J connectivity index is 1.58. The van der Waals surface area contributed by atoms with Crippen LogP contribution in [-0.4, -0.2) is 25.8 Å². The first-order valence-electron chi connectivity index (χ1n) is 10.1. The summed E-state index contributed by atoms with van der Waals surface area (Å²) in [6.45, 7) is 4.25. The number of carbonyl (C=O) groups excluding carboxylic acids is 1. The first kappa shape index (κ1) is 22.4. The maximum atomic E-state index is 12.9. The molecule has 0 fully saturated rings. The number of thioether (sulfide) groups is 1. The normalized spacial score (nSPS) is 11.2. The second-order valence-corrected chi connectivity index (χ2v) is 10.2. The minimum absolute atomic E-state index is 0.133. The van der Waals surface area contributed by atoms with Crippen molar-refractivity contribution in [2.24, 2.45) is 7.05 Å². The number of amides is 1. The number of thiazole rings is 1. The van der Waals surface area contributed by atoms with Crippen LogP contribution in [0.4, 0.5) is 5.69 Å². The summed E-state index contributed by atoms with van der Waals surface area (Å²) in [4.78, 5) is 30.1. The van der Waals surface area contributed by atoms with Gasteiger partial charge < -0.3 is 5.32 Å². The number of hydrogen-bond donors (Lipinski definition) is 1. The van der Waals surface area contributed by atoms with Crippen LogP contribution in [0.1, 0.15) is 25.3 Å². The number of nitrogens with zero attached hydrogens (tertiary/aromatic N) is 3. The van der Waals surface area contributed by atoms with Crippen molar-refractivity contribution in [3.05, 3.63) is 74.5 Å². The third-order valence-corrected chi connectivity index (χ3v) is 7.36. The van der Waals surface area contributed by atoms with Crippen LogP contribution >= 0.6 is 35.3 Å². The molecule has 4 aromatic rings. The van der Waals surface area contributed by atoms with Crippen LogP contribution in [0.25, 0.3) is 16.0 Å². The molecule has 4 rings (SSSR count). The largest absolute Gasteiger partial charge is 0.325 e. The van der Waals surface area contributed by atoms with E-state index in [0.29, 0.717) is 25.4 Å². The SMILES string of the molecule is CC(C)c1ccc(NC(=O)CSc2nc3c(sc(=S)n3-c3ccccc3)c(=O)n2C)cc1. The van der Waals surface area contributed by atoms with Crippen molar-refractivity contribution < 1.29 is 4.79 Å². The van der Waals surface area contributed by atoms with Crippen LogP contribution in [0, 0.1) is 3.95 Å². The zero-order valence-electron chi connectivity index (χ0n) is 17.9. The van der Waals surface area contributed by atoms with Crippen LogP contribution in [-0.2, 0) is 11.8 Å². The molecule has 0 atom stereocenters. The maximum Gasteiger partial charge on any atom is 0.273 e. The number of anilines is 1. The molecule has 0 spiro atoms. The minimum Gasteiger partial charge on any atom is -0.325 e. The zero-order chi connectivity index (χ0) is 22.8. The summed E-state index contributed by atoms with van der Waals surface area (Å²) in [5.74, 6) is 0.407. The fourth-order valence-corrected chi connectivity index (χ4v) is 5.34. The van der Waals surface area contributed by atoms with Crippen LogP contribution in [0.5, 0.6) is 0 Å². The molecule has 6 nitrogen and oxygen atoms in total. The van der Waals surface area contributed by atoms with Crippen molar-refractivity contribution in [1.82, 2.24) is 14.1 Å². The summed E-state index contributed by atoms with van der Waals surface area (Å²) in [5, 5.41) is 3.36. The average molecular weight is 483 g/mol. The predicted octanol–water partition coefficient (Wildman–Crippen LogP) is 5.37. The predicted molar refractivity (Wildman–Crippen MR) is 135 cm³/mol. The van der Waals surface area contributed by atoms with Crippen molar-refractivity contribution in [2.75, 3.05) is 11.1 Å². The lowest BCUT2D eigenvalue weighted by atomic mass is 10.0. The van der Waals surface area contributed by atoms with E-state index in [1.165, 1.54) is 33.2 Å². The summed E-state index contributed by atoms with van der Waals surface area (Å²) in [6.07, 6.45) is 0. The third kappa shape index (κ3) is 4.55. The molecule has 1 amide bonds. The van der Waals surface area contributed by atoms with Gasteiger partial charge in [0.2, 0.25) is 5.91 Å². The van der Waals surface area contributed by atoms with Gasteiger partial charge in [-0.15, -0.1) is 0 Å². The van der Waals surface area contributed by atoms with Crippen LogP contribution in [0.15, 0.2) is 64.5 Å². The highest BCUT2D eigenvalue weighted by Crippen LogP contribution is 2.25. The smallest absolute Gasteiger partial charge is 0.273 e. The van der Waals surface area contributed by atoms with Crippen molar-refractivity contribution >= 4 is 57.3 Å². The molecular formula is C23H22N4O2S3. The van der Waals surface area contributed by atoms with Gasteiger partial charge in [-0.1, -0.05) is 67.3 Å². The highest BCUT2D eigenvalue weighted by atomic mass is 32.2. The van der Waals surface area contributed by atoms with Gasteiger partial charge in [0.1, 0.15) is 4.70 Å². The summed E-state index contributed by atoms with van der Waals surface area (Å²) in [6, 6.07) is 17.4. The monoisotopic (exact) mass is 482 g/mol. The van der Waals surface area contributed by atoms with Crippen molar-refractivity contribution in [3.8, 4) is 5.69 Å². The molecule has 2 aromatic carbocycles. The number of hydrogen-bond acceptors (Lipinski definition) is 6. The Morgan fingerprint density at radius 1 is 1.16 bits per heavy atom. The second kappa shape index (κ2) is 9.40. The molecular weight excluding hydrogens is 460 g/mol. The average Bonchev–Trinajstić information content (AvgIpc) is 3.12. The molecule has 0 aliphatic rings. The Kier molecular flexibility index (Phi) is 6.59. The van der Waals surface area contributed by atoms with E-state index in [0.717, 1.165) is 11.4 Å². The number of carbonyl (C=O) groups is 1. The van der Waals surface area contributed by atoms with E-state index in [-0.39, 0.29) is 17.2 Å². The van der Waals surface area contributed by atoms with Crippen LogP contribution in [0.2, 0.25) is 0 Å². The van der Waals surface area contributed by atoms with Gasteiger partial charge in [0.25, 0.3) is 5.56 Å². The van der Waals surface area contributed by atoms with Gasteiger partial charge in [0.15, 0.2) is 14.8 Å². The van der Waals surface area contributed by atoms with E-state index >= 15 is 0 Å². The molecule has 2 heterocycles. The van der Waals surface area contributed by atoms with Crippen LogP contribution in [0.3, 0.4) is 0 Å². The molecule has 9 heteroatoms. The van der Waals surface area contributed by atoms with Gasteiger partial charge in [-0.25, -0.2) is 4.98 Å². The van der Waals surface area contributed by atoms with Gasteiger partial charge in [0.05, 0.1) is 5.75 Å². The first-order chi connectivity index (χ1) is 15.3. The number of para-hydroxylation sites is 1. The number of rotatable bonds is 6. The van der Waals surface area contributed by atoms with Gasteiger partial charge >= 0.3 is 0 Å². The number of fused-ring (bicyclic) bond motifs is 1. The standard InChI is InChI=1S/C23H22N4O2S3/c1-14(2)15-9-11-16(12-10-15)24-18(28)13-31-22-25-20-19(21(29)26(22)3)32-23(30)27(20)17-7-5-4-6-8-17/h4-12,14H,13H2,1-3H3,(H,24,28). The molecule has 32 heavy (non-hydrogen) atoms. The van der Waals surface area contributed by atoms with Gasteiger partial charge in [-0.2, -0.15) is 0 Å². The highest BCUT2D eigenvalue weighted by Gasteiger charge is 2.17. The van der Waals surface area contributed by atoms with E-state index < -0.39 is 0 Å². The van der Waals surface area contributed by atoms with E-state index in [4.69, 9.17) is 17.2 Å². The molecule has 164 valence electrons. The lowest BCUT2D eigenvalue weighted by molar-refractivity contribution is -0.113. The molecule has 0 aliphatic carbocycles. The second-order valence-electron chi connectivity index (χ2n) is 7.56. The Bertz CT molecular complexity index is 1390. The molecule has 0 saturated carbocycles. The Labute approximate surface area is 198 Å². The molecule has 0 radical (unpaired) electrons. The molecule has 0 unspecified atom stereocenters. The Morgan fingerprint density at radius 2 is 1.84 bits per heavy atom. The summed E-state index contributed by atoms with van der Waals surface area (Å²) >= 11 is 7.98. The highest BCUT2D eigenvalue weighted by molar-refractivity contribution is 7.99. The van der Waals surface area contributed by atoms with E-state index in [1.54, 1.807) is 11.6 Å². The lowest BCUT2D eigenvalue weighted by Crippen LogP contribution is -2.21. The van der Waals surface area contributed by atoms with E-state index in [1.807, 2.05) is 54.6 Å². The summed E-state index contributed by atoms with van der Waals surface area (Å²) < 4.78 is 4.33. The van der Waals surface area contributed by atoms with Gasteiger partial charge in [-0.05, 0) is 48.0 Å². The zero-order valence-corrected chi connectivity index (χ0v) is 20.3. The van der Waals surface area contributed by atoms with E-state index in [2.05, 4.69) is 19.2 Å². The first-order valence-corrected chi connectivity index (χ1v) is 12.3. The van der Waals surface area contributed by atoms with Crippen LogP contribution < -0.4 is 10.9 Å². The Morgan fingerprint density at radius 3 is 2.50 bits per heavy atom. The molecule has 0 aliphatic heterocycles. The summed E-state index contributed by atoms with van der Waals surface area (Å²) in [5.41, 5.74) is 3.15. The van der Waals surface area contributed by atoms with Crippen molar-refractivity contribution in [1.29, 1.82) is 0 Å². The van der Waals surface area contributed by atoms with Crippen molar-refractivity contribution in [2.45, 2.75) is 24.9 Å². The van der Waals surface area contributed by atoms with Gasteiger partial charge in [-0.3, -0.25) is 18.7 Å². The number of aromatic nitrogens is 3. The molecule has 0 saturated heterocycles. The molecule has 0 bridgehead atoms. The lowest BCUT2D eigenvalue weighted by Gasteiger charge is -2.10. The maximum absolute atomic E-state index is 12.9. The summed E-state index contributed by atoms with van der Waals surface area (Å²) in [7, 11) is 1.66. The topological polar surface area (TPSA) is 68.9 Å². The third-order valence-electron chi connectivity index (χ3n) is 4.98. The molecule has 1 N–H and O–H groups in total.